The first-order valence-electron chi connectivity index (χ1n) is 9.86. The van der Waals surface area contributed by atoms with Crippen LogP contribution in [0.1, 0.15) is 5.56 Å². The zero-order valence-corrected chi connectivity index (χ0v) is 17.9. The van der Waals surface area contributed by atoms with Crippen molar-refractivity contribution in [2.24, 2.45) is 0 Å². The van der Waals surface area contributed by atoms with Gasteiger partial charge in [-0.25, -0.2) is 13.2 Å². The van der Waals surface area contributed by atoms with E-state index in [-0.39, 0.29) is 29.1 Å². The van der Waals surface area contributed by atoms with E-state index in [9.17, 15) is 13.2 Å². The molecule has 0 aliphatic carbocycles. The first-order chi connectivity index (χ1) is 15.3. The second-order valence-corrected chi connectivity index (χ2v) is 7.23. The molecule has 0 aliphatic heterocycles. The maximum atomic E-state index is 14.8. The lowest BCUT2D eigenvalue weighted by Crippen LogP contribution is -2.01. The van der Waals surface area contributed by atoms with Crippen molar-refractivity contribution >= 4 is 0 Å². The Kier molecular flexibility index (Phi) is 7.21. The van der Waals surface area contributed by atoms with Crippen LogP contribution >= 0.6 is 0 Å². The van der Waals surface area contributed by atoms with Crippen molar-refractivity contribution in [2.75, 3.05) is 13.7 Å². The predicted molar refractivity (Wildman–Crippen MR) is 122 cm³/mol. The molecule has 0 aliphatic rings. The number of hydrogen-bond donors (Lipinski definition) is 0. The van der Waals surface area contributed by atoms with Crippen molar-refractivity contribution in [3.05, 3.63) is 114 Å². The Morgan fingerprint density at radius 1 is 0.844 bits per heavy atom. The van der Waals surface area contributed by atoms with E-state index in [1.54, 1.807) is 48.5 Å². The van der Waals surface area contributed by atoms with Crippen LogP contribution in [-0.2, 0) is 4.74 Å². The van der Waals surface area contributed by atoms with E-state index >= 15 is 0 Å². The average molecular weight is 436 g/mol. The number of ether oxygens (including phenoxy) is 2. The lowest BCUT2D eigenvalue weighted by atomic mass is 9.98. The first-order valence-corrected chi connectivity index (χ1v) is 9.86. The second-order valence-electron chi connectivity index (χ2n) is 7.23. The molecular formula is C27H23F3O2. The van der Waals surface area contributed by atoms with E-state index in [2.05, 4.69) is 13.2 Å². The van der Waals surface area contributed by atoms with E-state index in [4.69, 9.17) is 9.47 Å². The lowest BCUT2D eigenvalue weighted by Gasteiger charge is -2.11. The maximum Gasteiger partial charge on any atom is 0.167 e. The van der Waals surface area contributed by atoms with Crippen LogP contribution in [0.25, 0.3) is 22.3 Å². The Morgan fingerprint density at radius 3 is 1.84 bits per heavy atom. The fourth-order valence-electron chi connectivity index (χ4n) is 3.00. The van der Waals surface area contributed by atoms with Gasteiger partial charge in [0, 0.05) is 22.8 Å². The van der Waals surface area contributed by atoms with Gasteiger partial charge in [0.05, 0.1) is 7.11 Å². The van der Waals surface area contributed by atoms with Gasteiger partial charge in [0.1, 0.15) is 23.9 Å². The molecule has 0 N–H and O–H groups in total. The summed E-state index contributed by atoms with van der Waals surface area (Å²) in [5.41, 5.74) is 2.60. The third-order valence-electron chi connectivity index (χ3n) is 4.91. The van der Waals surface area contributed by atoms with Crippen molar-refractivity contribution in [1.82, 2.24) is 0 Å². The van der Waals surface area contributed by atoms with Crippen LogP contribution in [0.15, 0.2) is 97.1 Å². The fraction of sp³-hybridized carbons (Fsp3) is 0.111. The minimum atomic E-state index is -0.921. The highest BCUT2D eigenvalue weighted by Crippen LogP contribution is 2.32. The molecule has 0 saturated heterocycles. The van der Waals surface area contributed by atoms with Gasteiger partial charge in [-0.15, -0.1) is 0 Å². The third kappa shape index (κ3) is 5.30. The topological polar surface area (TPSA) is 18.5 Å². The van der Waals surface area contributed by atoms with Gasteiger partial charge in [-0.1, -0.05) is 67.3 Å². The molecule has 0 spiro atoms. The van der Waals surface area contributed by atoms with Crippen molar-refractivity contribution < 1.29 is 22.6 Å². The zero-order chi connectivity index (χ0) is 23.3. The molecule has 0 saturated carbocycles. The molecule has 0 atom stereocenters. The van der Waals surface area contributed by atoms with Gasteiger partial charge in [0.15, 0.2) is 11.6 Å². The number of halogens is 3. The fourth-order valence-corrected chi connectivity index (χ4v) is 3.00. The molecule has 164 valence electrons. The van der Waals surface area contributed by atoms with Crippen molar-refractivity contribution in [3.8, 4) is 28.0 Å². The highest BCUT2D eigenvalue weighted by Gasteiger charge is 2.16. The van der Waals surface area contributed by atoms with E-state index < -0.39 is 17.5 Å². The van der Waals surface area contributed by atoms with Crippen LogP contribution < -0.4 is 4.74 Å². The molecule has 3 rings (SSSR count). The summed E-state index contributed by atoms with van der Waals surface area (Å²) in [5, 5.41) is 0. The van der Waals surface area contributed by atoms with Crippen LogP contribution in [0, 0.1) is 18.6 Å². The molecular weight excluding hydrogens is 413 g/mol. The molecule has 32 heavy (non-hydrogen) atoms. The molecule has 0 bridgehead atoms. The Morgan fingerprint density at radius 2 is 1.34 bits per heavy atom. The van der Waals surface area contributed by atoms with E-state index in [0.29, 0.717) is 16.9 Å². The highest BCUT2D eigenvalue weighted by atomic mass is 19.2. The van der Waals surface area contributed by atoms with Crippen LogP contribution in [-0.4, -0.2) is 13.7 Å². The lowest BCUT2D eigenvalue weighted by molar-refractivity contribution is 0.306. The molecule has 0 radical (unpaired) electrons. The van der Waals surface area contributed by atoms with E-state index in [1.165, 1.54) is 7.11 Å². The first kappa shape index (κ1) is 22.9. The number of allylic oxidation sites excluding steroid dienone is 1. The number of benzene rings is 3. The normalized spacial score (nSPS) is 11.2. The summed E-state index contributed by atoms with van der Waals surface area (Å²) >= 11 is 0. The number of hydrogen-bond acceptors (Lipinski definition) is 2. The molecule has 0 fully saturated rings. The monoisotopic (exact) mass is 436 g/mol. The standard InChI is InChI=1S/C27H23F3O2/c1-17-5-7-20(8-6-17)23-13-14-24(27(30)26(23)29)21-9-11-22(12-10-21)32-16-18(2)25(28)15-19(3)31-4/h5-15H,2-3,16H2,1,4H3/b25-15+. The quantitative estimate of drug-likeness (QED) is 0.268. The molecule has 0 heterocycles. The average Bonchev–Trinajstić information content (AvgIpc) is 2.80. The highest BCUT2D eigenvalue weighted by molar-refractivity contribution is 5.72. The van der Waals surface area contributed by atoms with Gasteiger partial charge >= 0.3 is 0 Å². The Labute approximate surface area is 185 Å². The minimum Gasteiger partial charge on any atom is -0.497 e. The van der Waals surface area contributed by atoms with Gasteiger partial charge in [-0.2, -0.15) is 0 Å². The molecule has 0 amide bonds. The molecule has 3 aromatic carbocycles. The zero-order valence-electron chi connectivity index (χ0n) is 17.9. The second kappa shape index (κ2) is 10.1. The van der Waals surface area contributed by atoms with E-state index in [0.717, 1.165) is 11.6 Å². The largest absolute Gasteiger partial charge is 0.497 e. The van der Waals surface area contributed by atoms with Gasteiger partial charge < -0.3 is 9.47 Å². The molecule has 3 aromatic rings. The van der Waals surface area contributed by atoms with E-state index in [1.807, 2.05) is 19.1 Å². The van der Waals surface area contributed by atoms with Gasteiger partial charge in [-0.3, -0.25) is 0 Å². The van der Waals surface area contributed by atoms with Crippen molar-refractivity contribution in [2.45, 2.75) is 6.92 Å². The Hall–Kier alpha value is -3.73. The third-order valence-corrected chi connectivity index (χ3v) is 4.91. The summed E-state index contributed by atoms with van der Waals surface area (Å²) in [6.45, 7) is 8.98. The number of methoxy groups -OCH3 is 1. The van der Waals surface area contributed by atoms with Crippen LogP contribution in [0.5, 0.6) is 5.75 Å². The smallest absolute Gasteiger partial charge is 0.167 e. The SMILES string of the molecule is C=C(/C=C(/F)C(=C)COc1ccc(-c2ccc(-c3ccc(C)cc3)c(F)c2F)cc1)OC. The summed E-state index contributed by atoms with van der Waals surface area (Å²) in [6, 6.07) is 16.8. The Bertz CT molecular complexity index is 1160. The summed E-state index contributed by atoms with van der Waals surface area (Å²) in [7, 11) is 1.39. The van der Waals surface area contributed by atoms with Crippen LogP contribution in [0.4, 0.5) is 13.2 Å². The van der Waals surface area contributed by atoms with Gasteiger partial charge in [0.25, 0.3) is 0 Å². The summed E-state index contributed by atoms with van der Waals surface area (Å²) in [4.78, 5) is 0. The number of rotatable bonds is 8. The van der Waals surface area contributed by atoms with Crippen molar-refractivity contribution in [3.63, 3.8) is 0 Å². The Balaban J connectivity index is 1.74. The maximum absolute atomic E-state index is 14.8. The van der Waals surface area contributed by atoms with Crippen LogP contribution in [0.2, 0.25) is 0 Å². The molecule has 2 nitrogen and oxygen atoms in total. The molecule has 5 heteroatoms. The summed E-state index contributed by atoms with van der Waals surface area (Å²) in [6.07, 6.45) is 1.12. The van der Waals surface area contributed by atoms with Crippen molar-refractivity contribution in [1.29, 1.82) is 0 Å². The number of aryl methyl sites for hydroxylation is 1. The molecule has 0 aromatic heterocycles. The summed E-state index contributed by atoms with van der Waals surface area (Å²) < 4.78 is 53.8. The summed E-state index contributed by atoms with van der Waals surface area (Å²) in [5.74, 6) is -1.82. The van der Waals surface area contributed by atoms with Gasteiger partial charge in [0.2, 0.25) is 0 Å². The predicted octanol–water partition coefficient (Wildman–Crippen LogP) is 7.56. The molecule has 0 unspecified atom stereocenters. The van der Waals surface area contributed by atoms with Gasteiger partial charge in [-0.05, 0) is 30.2 Å². The minimum absolute atomic E-state index is 0.0904. The van der Waals surface area contributed by atoms with Crippen LogP contribution in [0.3, 0.4) is 0 Å².